The Kier molecular flexibility index (Phi) is 6.37. The van der Waals surface area contributed by atoms with Crippen LogP contribution in [-0.2, 0) is 4.79 Å². The summed E-state index contributed by atoms with van der Waals surface area (Å²) in [6.45, 7) is 8.68. The highest BCUT2D eigenvalue weighted by atomic mass is 19.1. The number of benzene rings is 2. The van der Waals surface area contributed by atoms with Crippen LogP contribution in [0.5, 0.6) is 0 Å². The van der Waals surface area contributed by atoms with Crippen molar-refractivity contribution in [1.82, 2.24) is 0 Å². The zero-order valence-corrected chi connectivity index (χ0v) is 16.3. The maximum Gasteiger partial charge on any atom is 0.331 e. The van der Waals surface area contributed by atoms with Crippen LogP contribution >= 0.6 is 0 Å². The SMILES string of the molecule is CC/C(=C\c1c(C)c(F)c(-c2ccc(NC(C)C)cc2)c(C)c1F)C(=O)O. The van der Waals surface area contributed by atoms with Gasteiger partial charge in [-0.25, -0.2) is 13.6 Å². The summed E-state index contributed by atoms with van der Waals surface area (Å²) in [5.41, 5.74) is 1.97. The van der Waals surface area contributed by atoms with Gasteiger partial charge in [0.2, 0.25) is 0 Å². The average molecular weight is 373 g/mol. The largest absolute Gasteiger partial charge is 0.478 e. The number of aliphatic carboxylic acids is 1. The lowest BCUT2D eigenvalue weighted by atomic mass is 9.92. The van der Waals surface area contributed by atoms with Crippen LogP contribution in [0.15, 0.2) is 29.8 Å². The molecule has 0 aliphatic heterocycles. The van der Waals surface area contributed by atoms with Crippen LogP contribution in [0.1, 0.15) is 43.9 Å². The lowest BCUT2D eigenvalue weighted by molar-refractivity contribution is -0.132. The smallest absolute Gasteiger partial charge is 0.331 e. The number of nitrogens with one attached hydrogen (secondary N) is 1. The summed E-state index contributed by atoms with van der Waals surface area (Å²) in [5, 5.41) is 12.4. The average Bonchev–Trinajstić information content (AvgIpc) is 2.61. The van der Waals surface area contributed by atoms with Crippen LogP contribution < -0.4 is 5.32 Å². The minimum absolute atomic E-state index is 0.00825. The molecule has 144 valence electrons. The number of carbonyl (C=O) groups is 1. The molecule has 0 spiro atoms. The highest BCUT2D eigenvalue weighted by Gasteiger charge is 2.21. The molecule has 2 aromatic carbocycles. The van der Waals surface area contributed by atoms with Gasteiger partial charge in [-0.1, -0.05) is 19.1 Å². The van der Waals surface area contributed by atoms with Crippen molar-refractivity contribution in [2.24, 2.45) is 0 Å². The fraction of sp³-hybridized carbons (Fsp3) is 0.318. The Labute approximate surface area is 158 Å². The molecule has 0 fully saturated rings. The summed E-state index contributed by atoms with van der Waals surface area (Å²) in [4.78, 5) is 11.2. The molecule has 2 rings (SSSR count). The lowest BCUT2D eigenvalue weighted by Crippen LogP contribution is -2.09. The van der Waals surface area contributed by atoms with Crippen molar-refractivity contribution < 1.29 is 18.7 Å². The van der Waals surface area contributed by atoms with Crippen molar-refractivity contribution in [1.29, 1.82) is 0 Å². The van der Waals surface area contributed by atoms with Crippen LogP contribution in [-0.4, -0.2) is 17.1 Å². The van der Waals surface area contributed by atoms with E-state index < -0.39 is 17.6 Å². The molecular formula is C22H25F2NO2. The van der Waals surface area contributed by atoms with Gasteiger partial charge in [0.25, 0.3) is 0 Å². The van der Waals surface area contributed by atoms with E-state index in [0.29, 0.717) is 5.56 Å². The Bertz CT molecular complexity index is 855. The standard InChI is InChI=1S/C22H25F2NO2/c1-6-15(22(26)27)11-18-13(4)21(24)19(14(5)20(18)23)16-7-9-17(10-8-16)25-12(2)3/h7-12,25H,6H2,1-5H3,(H,26,27)/b15-11+. The van der Waals surface area contributed by atoms with Crippen LogP contribution in [0.4, 0.5) is 14.5 Å². The minimum Gasteiger partial charge on any atom is -0.478 e. The number of carboxylic acids is 1. The Hall–Kier alpha value is -2.69. The first-order valence-electron chi connectivity index (χ1n) is 8.96. The minimum atomic E-state index is -1.13. The number of carboxylic acid groups (broad SMARTS) is 1. The number of rotatable bonds is 6. The second-order valence-electron chi connectivity index (χ2n) is 6.87. The summed E-state index contributed by atoms with van der Waals surface area (Å²) < 4.78 is 30.1. The first-order valence-corrected chi connectivity index (χ1v) is 8.96. The number of hydrogen-bond acceptors (Lipinski definition) is 2. The van der Waals surface area contributed by atoms with Gasteiger partial charge in [0.15, 0.2) is 0 Å². The molecule has 0 aromatic heterocycles. The lowest BCUT2D eigenvalue weighted by Gasteiger charge is -2.16. The third-order valence-corrected chi connectivity index (χ3v) is 4.50. The molecule has 0 aliphatic carbocycles. The van der Waals surface area contributed by atoms with E-state index in [1.807, 2.05) is 26.0 Å². The monoisotopic (exact) mass is 373 g/mol. The van der Waals surface area contributed by atoms with E-state index in [1.54, 1.807) is 19.1 Å². The topological polar surface area (TPSA) is 49.3 Å². The van der Waals surface area contributed by atoms with Gasteiger partial charge in [0.05, 0.1) is 0 Å². The predicted octanol–water partition coefficient (Wildman–Crippen LogP) is 5.95. The second kappa shape index (κ2) is 8.33. The molecule has 3 nitrogen and oxygen atoms in total. The summed E-state index contributed by atoms with van der Waals surface area (Å²) in [6, 6.07) is 7.42. The highest BCUT2D eigenvalue weighted by Crippen LogP contribution is 2.35. The maximum absolute atomic E-state index is 15.1. The fourth-order valence-electron chi connectivity index (χ4n) is 3.02. The van der Waals surface area contributed by atoms with Gasteiger partial charge in [-0.2, -0.15) is 0 Å². The fourth-order valence-corrected chi connectivity index (χ4v) is 3.02. The Balaban J connectivity index is 2.59. The molecule has 0 bridgehead atoms. The molecule has 0 atom stereocenters. The molecule has 0 amide bonds. The third-order valence-electron chi connectivity index (χ3n) is 4.50. The molecule has 2 N–H and O–H groups in total. The molecule has 0 aliphatic rings. The van der Waals surface area contributed by atoms with E-state index in [1.165, 1.54) is 19.9 Å². The molecule has 0 saturated carbocycles. The van der Waals surface area contributed by atoms with Gasteiger partial charge in [-0.05, 0) is 69.0 Å². The quantitative estimate of drug-likeness (QED) is 0.616. The van der Waals surface area contributed by atoms with E-state index >= 15 is 4.39 Å². The van der Waals surface area contributed by atoms with E-state index in [9.17, 15) is 14.3 Å². The van der Waals surface area contributed by atoms with E-state index in [-0.39, 0.29) is 40.3 Å². The highest BCUT2D eigenvalue weighted by molar-refractivity contribution is 5.92. The van der Waals surface area contributed by atoms with Gasteiger partial charge < -0.3 is 10.4 Å². The molecule has 0 heterocycles. The molecular weight excluding hydrogens is 348 g/mol. The second-order valence-corrected chi connectivity index (χ2v) is 6.87. The van der Waals surface area contributed by atoms with Gasteiger partial charge in [-0.3, -0.25) is 0 Å². The molecule has 27 heavy (non-hydrogen) atoms. The number of halogens is 2. The molecule has 0 radical (unpaired) electrons. The van der Waals surface area contributed by atoms with Crippen molar-refractivity contribution in [3.8, 4) is 11.1 Å². The van der Waals surface area contributed by atoms with Crippen molar-refractivity contribution >= 4 is 17.7 Å². The summed E-state index contributed by atoms with van der Waals surface area (Å²) in [6.07, 6.45) is 1.45. The van der Waals surface area contributed by atoms with Gasteiger partial charge in [0.1, 0.15) is 11.6 Å². The van der Waals surface area contributed by atoms with Crippen LogP contribution in [0.2, 0.25) is 0 Å². The molecule has 0 saturated heterocycles. The van der Waals surface area contributed by atoms with Crippen molar-refractivity contribution in [2.75, 3.05) is 5.32 Å². The van der Waals surface area contributed by atoms with Gasteiger partial charge in [-0.15, -0.1) is 0 Å². The maximum atomic E-state index is 15.1. The molecule has 2 aromatic rings. The van der Waals surface area contributed by atoms with E-state index in [2.05, 4.69) is 5.32 Å². The zero-order chi connectivity index (χ0) is 20.3. The Morgan fingerprint density at radius 1 is 1.11 bits per heavy atom. The Morgan fingerprint density at radius 2 is 1.70 bits per heavy atom. The van der Waals surface area contributed by atoms with E-state index in [0.717, 1.165) is 5.69 Å². The van der Waals surface area contributed by atoms with Gasteiger partial charge in [0, 0.05) is 28.4 Å². The summed E-state index contributed by atoms with van der Waals surface area (Å²) in [5.74, 6) is -2.27. The first-order chi connectivity index (χ1) is 12.7. The molecule has 5 heteroatoms. The van der Waals surface area contributed by atoms with E-state index in [4.69, 9.17) is 0 Å². The van der Waals surface area contributed by atoms with Crippen LogP contribution in [0, 0.1) is 25.5 Å². The summed E-state index contributed by atoms with van der Waals surface area (Å²) >= 11 is 0. The molecule has 0 unspecified atom stereocenters. The van der Waals surface area contributed by atoms with Crippen molar-refractivity contribution in [3.63, 3.8) is 0 Å². The Morgan fingerprint density at radius 3 is 2.19 bits per heavy atom. The normalized spacial score (nSPS) is 11.8. The van der Waals surface area contributed by atoms with Gasteiger partial charge >= 0.3 is 5.97 Å². The predicted molar refractivity (Wildman–Crippen MR) is 106 cm³/mol. The van der Waals surface area contributed by atoms with Crippen LogP contribution in [0.3, 0.4) is 0 Å². The number of anilines is 1. The van der Waals surface area contributed by atoms with Crippen molar-refractivity contribution in [3.05, 3.63) is 58.2 Å². The summed E-state index contributed by atoms with van der Waals surface area (Å²) in [7, 11) is 0. The zero-order valence-electron chi connectivity index (χ0n) is 16.3. The third kappa shape index (κ3) is 4.35. The van der Waals surface area contributed by atoms with Crippen molar-refractivity contribution in [2.45, 2.75) is 47.1 Å². The van der Waals surface area contributed by atoms with Crippen LogP contribution in [0.25, 0.3) is 17.2 Å². The number of hydrogen-bond donors (Lipinski definition) is 2. The first kappa shape index (κ1) is 20.6.